The van der Waals surface area contributed by atoms with Crippen LogP contribution in [0, 0.1) is 5.92 Å². The number of nitrogens with two attached hydrogens (primary N) is 1. The summed E-state index contributed by atoms with van der Waals surface area (Å²) in [5.41, 5.74) is 4.97. The number of halogens is 3. The largest absolute Gasteiger partial charge is 0.409 e. The lowest BCUT2D eigenvalue weighted by Gasteiger charge is -2.19. The molecule has 5 N–H and O–H groups in total. The molecular weight excluding hydrogens is 267 g/mol. The minimum absolute atomic E-state index is 0.130. The number of hydrogen-bond donors (Lipinski definition) is 4. The number of nitrogens with zero attached hydrogens (tertiary/aromatic N) is 2. The van der Waals surface area contributed by atoms with Gasteiger partial charge in [0.15, 0.2) is 5.84 Å². The molecule has 0 saturated heterocycles. The number of carbonyl (C=O) groups excluding carboxylic acids is 1. The average Bonchev–Trinajstić information content (AvgIpc) is 2.30. The van der Waals surface area contributed by atoms with E-state index in [9.17, 15) is 18.0 Å². The Morgan fingerprint density at radius 3 is 2.42 bits per heavy atom. The fourth-order valence-corrected chi connectivity index (χ4v) is 1.12. The topological polar surface area (TPSA) is 103 Å². The molecule has 19 heavy (non-hydrogen) atoms. The molecule has 0 heterocycles. The number of carbonyl (C=O) groups is 1. The molecule has 2 amide bonds. The minimum Gasteiger partial charge on any atom is -0.409 e. The summed E-state index contributed by atoms with van der Waals surface area (Å²) in [5.74, 6) is -2.97. The Balaban J connectivity index is 4.06. The molecule has 1 unspecified atom stereocenters. The molecule has 0 bridgehead atoms. The number of amides is 2. The second-order valence-corrected chi connectivity index (χ2v) is 3.95. The first-order valence-electron chi connectivity index (χ1n) is 5.40. The van der Waals surface area contributed by atoms with Crippen LogP contribution in [0.1, 0.15) is 0 Å². The van der Waals surface area contributed by atoms with Crippen molar-refractivity contribution in [2.24, 2.45) is 16.8 Å². The van der Waals surface area contributed by atoms with E-state index in [1.54, 1.807) is 14.1 Å². The molecule has 112 valence electrons. The predicted molar refractivity (Wildman–Crippen MR) is 62.9 cm³/mol. The first-order chi connectivity index (χ1) is 8.70. The molecule has 0 aromatic rings. The Labute approximate surface area is 108 Å². The average molecular weight is 285 g/mol. The number of rotatable bonds is 6. The maximum Gasteiger partial charge on any atom is 0.400 e. The first kappa shape index (κ1) is 17.3. The quantitative estimate of drug-likeness (QED) is 0.178. The van der Waals surface area contributed by atoms with Crippen LogP contribution in [0.2, 0.25) is 0 Å². The van der Waals surface area contributed by atoms with Gasteiger partial charge < -0.3 is 26.5 Å². The van der Waals surface area contributed by atoms with Gasteiger partial charge in [0, 0.05) is 33.7 Å². The van der Waals surface area contributed by atoms with Crippen LogP contribution in [-0.2, 0) is 0 Å². The van der Waals surface area contributed by atoms with Crippen LogP contribution < -0.4 is 16.4 Å². The SMILES string of the molecule is CN(C)C(=O)NCCNCC(C(N)=NO)C(F)(F)F. The number of amidine groups is 1. The van der Waals surface area contributed by atoms with E-state index in [0.717, 1.165) is 0 Å². The van der Waals surface area contributed by atoms with Crippen LogP contribution in [-0.4, -0.2) is 61.9 Å². The fraction of sp³-hybridized carbons (Fsp3) is 0.778. The van der Waals surface area contributed by atoms with Gasteiger partial charge in [0.25, 0.3) is 0 Å². The van der Waals surface area contributed by atoms with Crippen LogP contribution in [0.15, 0.2) is 5.16 Å². The molecule has 0 radical (unpaired) electrons. The van der Waals surface area contributed by atoms with Crippen LogP contribution in [0.4, 0.5) is 18.0 Å². The highest BCUT2D eigenvalue weighted by molar-refractivity contribution is 5.83. The predicted octanol–water partition coefficient (Wildman–Crippen LogP) is -0.228. The Hall–Kier alpha value is -1.71. The van der Waals surface area contributed by atoms with Crippen molar-refractivity contribution in [3.05, 3.63) is 0 Å². The zero-order valence-corrected chi connectivity index (χ0v) is 10.7. The van der Waals surface area contributed by atoms with E-state index < -0.39 is 24.5 Å². The molecule has 0 spiro atoms. The van der Waals surface area contributed by atoms with Crippen molar-refractivity contribution < 1.29 is 23.2 Å². The number of urea groups is 1. The molecule has 0 aliphatic rings. The second kappa shape index (κ2) is 7.67. The van der Waals surface area contributed by atoms with Crippen LogP contribution >= 0.6 is 0 Å². The summed E-state index contributed by atoms with van der Waals surface area (Å²) in [5, 5.41) is 15.6. The van der Waals surface area contributed by atoms with Gasteiger partial charge in [-0.05, 0) is 0 Å². The third-order valence-corrected chi connectivity index (χ3v) is 2.20. The Morgan fingerprint density at radius 1 is 1.42 bits per heavy atom. The maximum absolute atomic E-state index is 12.5. The van der Waals surface area contributed by atoms with E-state index in [-0.39, 0.29) is 19.1 Å². The van der Waals surface area contributed by atoms with Gasteiger partial charge in [-0.1, -0.05) is 5.16 Å². The molecule has 0 aliphatic carbocycles. The Bertz CT molecular complexity index is 319. The summed E-state index contributed by atoms with van der Waals surface area (Å²) in [4.78, 5) is 12.4. The molecule has 1 atom stereocenters. The molecule has 0 fully saturated rings. The number of oxime groups is 1. The van der Waals surface area contributed by atoms with Gasteiger partial charge in [0.05, 0.1) is 0 Å². The maximum atomic E-state index is 12.5. The highest BCUT2D eigenvalue weighted by Gasteiger charge is 2.42. The van der Waals surface area contributed by atoms with Crippen molar-refractivity contribution in [1.29, 1.82) is 0 Å². The summed E-state index contributed by atoms with van der Waals surface area (Å²) < 4.78 is 37.5. The van der Waals surface area contributed by atoms with E-state index in [4.69, 9.17) is 10.9 Å². The number of alkyl halides is 3. The monoisotopic (exact) mass is 285 g/mol. The van der Waals surface area contributed by atoms with E-state index in [1.807, 2.05) is 0 Å². The van der Waals surface area contributed by atoms with E-state index in [2.05, 4.69) is 15.8 Å². The van der Waals surface area contributed by atoms with Gasteiger partial charge >= 0.3 is 12.2 Å². The van der Waals surface area contributed by atoms with Crippen molar-refractivity contribution in [3.63, 3.8) is 0 Å². The molecule has 0 aromatic heterocycles. The summed E-state index contributed by atoms with van der Waals surface area (Å²) in [7, 11) is 3.09. The van der Waals surface area contributed by atoms with Gasteiger partial charge in [-0.25, -0.2) is 4.79 Å². The van der Waals surface area contributed by atoms with E-state index in [1.165, 1.54) is 4.90 Å². The molecule has 0 rings (SSSR count). The van der Waals surface area contributed by atoms with Crippen molar-refractivity contribution in [3.8, 4) is 0 Å². The highest BCUT2D eigenvalue weighted by Crippen LogP contribution is 2.25. The molecule has 0 saturated carbocycles. The standard InChI is InChI=1S/C9H18F3N5O2/c1-17(2)8(18)15-4-3-14-5-6(7(13)16-19)9(10,11)12/h6,14,19H,3-5H2,1-2H3,(H2,13,16)(H,15,18). The fourth-order valence-electron chi connectivity index (χ4n) is 1.12. The zero-order chi connectivity index (χ0) is 15.1. The first-order valence-corrected chi connectivity index (χ1v) is 5.40. The van der Waals surface area contributed by atoms with Crippen molar-refractivity contribution in [1.82, 2.24) is 15.5 Å². The molecule has 7 nitrogen and oxygen atoms in total. The van der Waals surface area contributed by atoms with Gasteiger partial charge in [-0.3, -0.25) is 0 Å². The third-order valence-electron chi connectivity index (χ3n) is 2.20. The van der Waals surface area contributed by atoms with Gasteiger partial charge in [-0.2, -0.15) is 13.2 Å². The van der Waals surface area contributed by atoms with Crippen molar-refractivity contribution >= 4 is 11.9 Å². The number of nitrogens with one attached hydrogen (secondary N) is 2. The minimum atomic E-state index is -4.60. The zero-order valence-electron chi connectivity index (χ0n) is 10.7. The van der Waals surface area contributed by atoms with Crippen molar-refractivity contribution in [2.75, 3.05) is 33.7 Å². The smallest absolute Gasteiger partial charge is 0.400 e. The molecular formula is C9H18F3N5O2. The van der Waals surface area contributed by atoms with Crippen LogP contribution in [0.5, 0.6) is 0 Å². The number of hydrogen-bond acceptors (Lipinski definition) is 4. The van der Waals surface area contributed by atoms with Crippen LogP contribution in [0.3, 0.4) is 0 Å². The van der Waals surface area contributed by atoms with Gasteiger partial charge in [-0.15, -0.1) is 0 Å². The summed E-state index contributed by atoms with van der Waals surface area (Å²) in [6, 6.07) is -0.342. The van der Waals surface area contributed by atoms with Gasteiger partial charge in [0.2, 0.25) is 0 Å². The van der Waals surface area contributed by atoms with E-state index >= 15 is 0 Å². The van der Waals surface area contributed by atoms with Crippen molar-refractivity contribution in [2.45, 2.75) is 6.18 Å². The lowest BCUT2D eigenvalue weighted by molar-refractivity contribution is -0.154. The molecule has 10 heteroatoms. The van der Waals surface area contributed by atoms with E-state index in [0.29, 0.717) is 0 Å². The Kier molecular flexibility index (Phi) is 6.98. The van der Waals surface area contributed by atoms with Gasteiger partial charge in [0.1, 0.15) is 5.92 Å². The third kappa shape index (κ3) is 6.70. The Morgan fingerprint density at radius 2 is 2.00 bits per heavy atom. The van der Waals surface area contributed by atoms with Crippen LogP contribution in [0.25, 0.3) is 0 Å². The molecule has 0 aliphatic heterocycles. The second-order valence-electron chi connectivity index (χ2n) is 3.95. The summed E-state index contributed by atoms with van der Waals surface area (Å²) >= 11 is 0. The summed E-state index contributed by atoms with van der Waals surface area (Å²) in [6.07, 6.45) is -4.60. The lowest BCUT2D eigenvalue weighted by Crippen LogP contribution is -2.45. The molecule has 0 aromatic carbocycles. The normalized spacial score (nSPS) is 14.1. The lowest BCUT2D eigenvalue weighted by atomic mass is 10.1. The summed E-state index contributed by atoms with van der Waals surface area (Å²) in [6.45, 7) is -0.236. The highest BCUT2D eigenvalue weighted by atomic mass is 19.4.